The summed E-state index contributed by atoms with van der Waals surface area (Å²) in [5.41, 5.74) is 1.37. The lowest BCUT2D eigenvalue weighted by Crippen LogP contribution is -2.38. The zero-order valence-corrected chi connectivity index (χ0v) is 21.9. The summed E-state index contributed by atoms with van der Waals surface area (Å²) < 4.78 is 24.8. The van der Waals surface area contributed by atoms with Crippen LogP contribution in [0.4, 0.5) is 4.39 Å². The van der Waals surface area contributed by atoms with Crippen LogP contribution in [0.3, 0.4) is 0 Å². The monoisotopic (exact) mass is 558 g/mol. The van der Waals surface area contributed by atoms with Gasteiger partial charge in [0, 0.05) is 33.8 Å². The van der Waals surface area contributed by atoms with Crippen molar-refractivity contribution in [2.75, 3.05) is 6.61 Å². The number of hydrogen-bond acceptors (Lipinski definition) is 9. The van der Waals surface area contributed by atoms with Gasteiger partial charge in [0.1, 0.15) is 18.1 Å². The minimum atomic E-state index is -1.14. The highest BCUT2D eigenvalue weighted by atomic mass is 35.5. The number of ether oxygens (including phenoxy) is 1. The second kappa shape index (κ2) is 11.0. The number of rotatable bonds is 7. The molecule has 12 heteroatoms. The Kier molecular flexibility index (Phi) is 7.57. The summed E-state index contributed by atoms with van der Waals surface area (Å²) in [5, 5.41) is 15.2. The molecule has 0 amide bonds. The van der Waals surface area contributed by atoms with E-state index in [1.807, 2.05) is 5.38 Å². The van der Waals surface area contributed by atoms with Crippen LogP contribution in [-0.4, -0.2) is 39.5 Å². The Morgan fingerprint density at radius 1 is 1.26 bits per heavy atom. The Labute approximate surface area is 226 Å². The van der Waals surface area contributed by atoms with Crippen LogP contribution in [0.25, 0.3) is 0 Å². The molecule has 2 aliphatic rings. The van der Waals surface area contributed by atoms with Gasteiger partial charge in [0.05, 0.1) is 12.2 Å². The molecule has 198 valence electrons. The summed E-state index contributed by atoms with van der Waals surface area (Å²) in [6.07, 6.45) is 5.53. The van der Waals surface area contributed by atoms with Crippen LogP contribution in [-0.2, 0) is 9.53 Å². The SMILES string of the molecule is CCOC(=O)C1=C(C2CCC(c3nc(C(=O)O)co3)CC2)NC(c2nccs2)=NC1c1ccc(F)cc1Cl. The third-order valence-corrected chi connectivity index (χ3v) is 7.80. The number of carbonyl (C=O) groups excluding carboxylic acids is 1. The van der Waals surface area contributed by atoms with Crippen molar-refractivity contribution >= 4 is 40.7 Å². The molecule has 2 aromatic heterocycles. The molecule has 0 saturated heterocycles. The van der Waals surface area contributed by atoms with E-state index in [0.29, 0.717) is 59.3 Å². The first-order chi connectivity index (χ1) is 18.4. The first-order valence-electron chi connectivity index (χ1n) is 12.1. The van der Waals surface area contributed by atoms with Gasteiger partial charge in [-0.3, -0.25) is 4.99 Å². The van der Waals surface area contributed by atoms with Crippen molar-refractivity contribution in [1.82, 2.24) is 15.3 Å². The summed E-state index contributed by atoms with van der Waals surface area (Å²) in [7, 11) is 0. The van der Waals surface area contributed by atoms with Crippen molar-refractivity contribution in [3.8, 4) is 0 Å². The summed E-state index contributed by atoms with van der Waals surface area (Å²) in [4.78, 5) is 37.9. The average molecular weight is 559 g/mol. The highest BCUT2D eigenvalue weighted by Gasteiger charge is 2.38. The molecule has 0 spiro atoms. The van der Waals surface area contributed by atoms with E-state index in [1.165, 1.54) is 29.5 Å². The molecule has 1 atom stereocenters. The van der Waals surface area contributed by atoms with E-state index in [-0.39, 0.29) is 29.2 Å². The molecular weight excluding hydrogens is 535 g/mol. The number of halogens is 2. The van der Waals surface area contributed by atoms with E-state index >= 15 is 0 Å². The van der Waals surface area contributed by atoms with Gasteiger partial charge in [0.2, 0.25) is 0 Å². The first kappa shape index (κ1) is 26.1. The highest BCUT2D eigenvalue weighted by molar-refractivity contribution is 7.11. The smallest absolute Gasteiger partial charge is 0.357 e. The molecule has 2 N–H and O–H groups in total. The maximum Gasteiger partial charge on any atom is 0.357 e. The predicted octanol–water partition coefficient (Wildman–Crippen LogP) is 5.50. The van der Waals surface area contributed by atoms with Gasteiger partial charge in [-0.2, -0.15) is 0 Å². The number of aliphatic imine (C=N–C) groups is 1. The fourth-order valence-electron chi connectivity index (χ4n) is 4.92. The number of nitrogens with zero attached hydrogens (tertiary/aromatic N) is 3. The number of allylic oxidation sites excluding steroid dienone is 1. The Morgan fingerprint density at radius 3 is 2.66 bits per heavy atom. The lowest BCUT2D eigenvalue weighted by molar-refractivity contribution is -0.139. The van der Waals surface area contributed by atoms with Crippen molar-refractivity contribution in [3.63, 3.8) is 0 Å². The molecular formula is C26H24ClFN4O5S. The van der Waals surface area contributed by atoms with Crippen molar-refractivity contribution in [1.29, 1.82) is 0 Å². The van der Waals surface area contributed by atoms with Crippen LogP contribution in [0.2, 0.25) is 5.02 Å². The van der Waals surface area contributed by atoms with E-state index in [1.54, 1.807) is 13.1 Å². The lowest BCUT2D eigenvalue weighted by atomic mass is 9.78. The van der Waals surface area contributed by atoms with E-state index in [2.05, 4.69) is 15.3 Å². The van der Waals surface area contributed by atoms with Gasteiger partial charge in [-0.15, -0.1) is 11.3 Å². The first-order valence-corrected chi connectivity index (χ1v) is 13.4. The van der Waals surface area contributed by atoms with E-state index < -0.39 is 23.8 Å². The summed E-state index contributed by atoms with van der Waals surface area (Å²) in [6, 6.07) is 3.21. The van der Waals surface area contributed by atoms with Gasteiger partial charge in [-0.05, 0) is 50.7 Å². The molecule has 5 rings (SSSR count). The largest absolute Gasteiger partial charge is 0.476 e. The molecule has 38 heavy (non-hydrogen) atoms. The van der Waals surface area contributed by atoms with Gasteiger partial charge in [-0.1, -0.05) is 17.7 Å². The number of thiazole rings is 1. The molecule has 0 bridgehead atoms. The van der Waals surface area contributed by atoms with Crippen molar-refractivity contribution in [2.45, 2.75) is 44.6 Å². The molecule has 1 aromatic carbocycles. The van der Waals surface area contributed by atoms with Crippen LogP contribution in [0.5, 0.6) is 0 Å². The number of benzene rings is 1. The van der Waals surface area contributed by atoms with Gasteiger partial charge >= 0.3 is 11.9 Å². The van der Waals surface area contributed by atoms with Gasteiger partial charge in [-0.25, -0.2) is 23.9 Å². The zero-order chi connectivity index (χ0) is 26.8. The van der Waals surface area contributed by atoms with Crippen LogP contribution < -0.4 is 5.32 Å². The maximum absolute atomic E-state index is 13.9. The third-order valence-electron chi connectivity index (χ3n) is 6.69. The number of aromatic carboxylic acids is 1. The number of nitrogens with one attached hydrogen (secondary N) is 1. The summed E-state index contributed by atoms with van der Waals surface area (Å²) in [6.45, 7) is 1.90. The minimum absolute atomic E-state index is 0.0379. The van der Waals surface area contributed by atoms with Crippen LogP contribution in [0.1, 0.15) is 71.5 Å². The number of carboxylic acid groups (broad SMARTS) is 1. The molecule has 1 fully saturated rings. The molecule has 1 unspecified atom stereocenters. The molecule has 1 aliphatic carbocycles. The fourth-order valence-corrected chi connectivity index (χ4v) is 5.78. The third kappa shape index (κ3) is 5.21. The number of carbonyl (C=O) groups is 2. The van der Waals surface area contributed by atoms with Crippen molar-refractivity contribution in [2.24, 2.45) is 10.9 Å². The Balaban J connectivity index is 1.52. The number of carboxylic acids is 1. The maximum atomic E-state index is 13.9. The van der Waals surface area contributed by atoms with Crippen LogP contribution in [0.15, 0.2) is 56.7 Å². The zero-order valence-electron chi connectivity index (χ0n) is 20.3. The van der Waals surface area contributed by atoms with E-state index in [9.17, 15) is 14.0 Å². The quantitative estimate of drug-likeness (QED) is 0.364. The Bertz CT molecular complexity index is 1410. The Morgan fingerprint density at radius 2 is 2.03 bits per heavy atom. The van der Waals surface area contributed by atoms with Crippen molar-refractivity contribution in [3.05, 3.63) is 80.3 Å². The van der Waals surface area contributed by atoms with Gasteiger partial charge in [0.25, 0.3) is 0 Å². The molecule has 3 heterocycles. The minimum Gasteiger partial charge on any atom is -0.476 e. The fraction of sp³-hybridized carbons (Fsp3) is 0.346. The van der Waals surface area contributed by atoms with E-state index in [0.717, 1.165) is 6.26 Å². The second-order valence-electron chi connectivity index (χ2n) is 8.98. The summed E-state index contributed by atoms with van der Waals surface area (Å²) >= 11 is 7.85. The molecule has 9 nitrogen and oxygen atoms in total. The van der Waals surface area contributed by atoms with E-state index in [4.69, 9.17) is 30.9 Å². The number of esters is 1. The molecule has 0 radical (unpaired) electrons. The lowest BCUT2D eigenvalue weighted by Gasteiger charge is -2.34. The molecule has 1 saturated carbocycles. The topological polar surface area (TPSA) is 127 Å². The standard InChI is InChI=1S/C26H24ClFN4O5S/c1-2-36-26(35)19-20(13-3-5-14(6-4-13)23-30-18(12-37-23)25(33)34)31-22(24-29-9-10-38-24)32-21(19)16-8-7-15(28)11-17(16)27/h7-14,21H,2-6H2,1H3,(H,31,32)(H,33,34). The summed E-state index contributed by atoms with van der Waals surface area (Å²) in [5.74, 6) is -1.36. The Hall–Kier alpha value is -3.57. The second-order valence-corrected chi connectivity index (χ2v) is 10.3. The number of hydrogen-bond donors (Lipinski definition) is 2. The van der Waals surface area contributed by atoms with Crippen LogP contribution in [0, 0.1) is 11.7 Å². The predicted molar refractivity (Wildman–Crippen MR) is 138 cm³/mol. The number of amidine groups is 1. The van der Waals surface area contributed by atoms with Crippen LogP contribution >= 0.6 is 22.9 Å². The highest BCUT2D eigenvalue weighted by Crippen LogP contribution is 2.43. The van der Waals surface area contributed by atoms with Crippen molar-refractivity contribution < 1.29 is 28.2 Å². The molecule has 1 aliphatic heterocycles. The van der Waals surface area contributed by atoms with Gasteiger partial charge < -0.3 is 19.6 Å². The number of aromatic nitrogens is 2. The normalized spacial score (nSPS) is 21.6. The van der Waals surface area contributed by atoms with Gasteiger partial charge in [0.15, 0.2) is 22.4 Å². The molecule has 3 aromatic rings. The number of oxazole rings is 1. The average Bonchev–Trinajstić information content (AvgIpc) is 3.61.